The molecule has 0 aromatic carbocycles. The molecule has 0 aromatic heterocycles. The molecule has 0 aliphatic heterocycles. The molecule has 34 heavy (non-hydrogen) atoms. The molecule has 1 atom stereocenters. The molecular formula is C17H29F9O7S. The van der Waals surface area contributed by atoms with Crippen LogP contribution in [0.15, 0.2) is 0 Å². The summed E-state index contributed by atoms with van der Waals surface area (Å²) in [6.07, 6.45) is -2.47. The Balaban J connectivity index is 0. The molecule has 0 amide bonds. The first-order chi connectivity index (χ1) is 15.2. The molecule has 7 nitrogen and oxygen atoms in total. The van der Waals surface area contributed by atoms with Gasteiger partial charge in [0, 0.05) is 20.3 Å². The standard InChI is InChI=1S/C13H28O4.C4HF9O3S/c1-5-8-9-10-11-17-13(14-4,16-7-3)12-15-6-2;5-1(6,3(9,10)11)2(7,8)4(12,13)17(14,15)16/h5-12H2,1-4H3;(H,14,15,16). The molecule has 0 aliphatic carbocycles. The van der Waals surface area contributed by atoms with Gasteiger partial charge in [0.2, 0.25) is 0 Å². The predicted molar refractivity (Wildman–Crippen MR) is 100 cm³/mol. The molecule has 1 N–H and O–H groups in total. The van der Waals surface area contributed by atoms with Gasteiger partial charge < -0.3 is 18.9 Å². The van der Waals surface area contributed by atoms with Crippen molar-refractivity contribution < 1.29 is 71.4 Å². The number of alkyl halides is 9. The second kappa shape index (κ2) is 14.0. The monoisotopic (exact) mass is 548 g/mol. The Morgan fingerprint density at radius 1 is 0.765 bits per heavy atom. The fraction of sp³-hybridized carbons (Fsp3) is 1.00. The van der Waals surface area contributed by atoms with E-state index in [4.69, 9.17) is 23.5 Å². The van der Waals surface area contributed by atoms with Crippen molar-refractivity contribution in [2.45, 2.75) is 75.7 Å². The highest BCUT2D eigenvalue weighted by Gasteiger charge is 2.85. The van der Waals surface area contributed by atoms with Crippen LogP contribution in [0.3, 0.4) is 0 Å². The van der Waals surface area contributed by atoms with Crippen molar-refractivity contribution in [2.24, 2.45) is 0 Å². The Morgan fingerprint density at radius 3 is 1.65 bits per heavy atom. The maximum Gasteiger partial charge on any atom is 0.460 e. The molecule has 0 fully saturated rings. The average Bonchev–Trinajstić information content (AvgIpc) is 2.70. The topological polar surface area (TPSA) is 91.3 Å². The van der Waals surface area contributed by atoms with Gasteiger partial charge >= 0.3 is 39.4 Å². The van der Waals surface area contributed by atoms with Gasteiger partial charge in [-0.05, 0) is 20.3 Å². The number of rotatable bonds is 15. The first-order valence-corrected chi connectivity index (χ1v) is 11.3. The van der Waals surface area contributed by atoms with Crippen molar-refractivity contribution in [2.75, 3.05) is 33.5 Å². The van der Waals surface area contributed by atoms with Gasteiger partial charge in [0.15, 0.2) is 0 Å². The highest BCUT2D eigenvalue weighted by Crippen LogP contribution is 2.54. The zero-order valence-electron chi connectivity index (χ0n) is 18.9. The van der Waals surface area contributed by atoms with Crippen LogP contribution in [-0.2, 0) is 29.1 Å². The summed E-state index contributed by atoms with van der Waals surface area (Å²) in [7, 11) is -5.58. The first-order valence-electron chi connectivity index (χ1n) is 9.82. The lowest BCUT2D eigenvalue weighted by Gasteiger charge is -2.31. The van der Waals surface area contributed by atoms with E-state index in [1.165, 1.54) is 19.3 Å². The van der Waals surface area contributed by atoms with Crippen LogP contribution >= 0.6 is 0 Å². The fourth-order valence-corrected chi connectivity index (χ4v) is 2.48. The van der Waals surface area contributed by atoms with Crippen LogP contribution < -0.4 is 0 Å². The van der Waals surface area contributed by atoms with Crippen LogP contribution in [0.4, 0.5) is 39.5 Å². The van der Waals surface area contributed by atoms with Gasteiger partial charge in [-0.15, -0.1) is 0 Å². The number of halogens is 9. The summed E-state index contributed by atoms with van der Waals surface area (Å²) in [4.78, 5) is 0. The van der Waals surface area contributed by atoms with Crippen LogP contribution in [0.5, 0.6) is 0 Å². The smallest absolute Gasteiger partial charge is 0.373 e. The lowest BCUT2D eigenvalue weighted by atomic mass is 10.1. The van der Waals surface area contributed by atoms with Gasteiger partial charge in [-0.25, -0.2) is 0 Å². The largest absolute Gasteiger partial charge is 0.460 e. The van der Waals surface area contributed by atoms with E-state index in [0.29, 0.717) is 26.4 Å². The summed E-state index contributed by atoms with van der Waals surface area (Å²) in [6, 6.07) is 0. The third-order valence-electron chi connectivity index (χ3n) is 3.92. The number of methoxy groups -OCH3 is 1. The Kier molecular flexibility index (Phi) is 14.5. The molecule has 0 aromatic rings. The molecule has 0 aliphatic rings. The number of hydrogen-bond acceptors (Lipinski definition) is 6. The zero-order valence-corrected chi connectivity index (χ0v) is 19.7. The molecule has 0 saturated carbocycles. The molecule has 0 heterocycles. The Labute approximate surface area is 191 Å². The van der Waals surface area contributed by atoms with Crippen molar-refractivity contribution >= 4 is 10.1 Å². The van der Waals surface area contributed by atoms with Crippen molar-refractivity contribution in [1.29, 1.82) is 0 Å². The normalized spacial score (nSPS) is 15.5. The molecule has 208 valence electrons. The second-order valence-corrected chi connectivity index (χ2v) is 7.97. The summed E-state index contributed by atoms with van der Waals surface area (Å²) in [6.45, 7) is 8.15. The summed E-state index contributed by atoms with van der Waals surface area (Å²) in [5.41, 5.74) is 0. The van der Waals surface area contributed by atoms with Crippen LogP contribution in [0.25, 0.3) is 0 Å². The molecule has 0 bridgehead atoms. The highest BCUT2D eigenvalue weighted by atomic mass is 32.2. The minimum atomic E-state index is -7.37. The Bertz CT molecular complexity index is 673. The first kappa shape index (κ1) is 35.3. The molecule has 0 saturated heterocycles. The van der Waals surface area contributed by atoms with Crippen LogP contribution in [0.1, 0.15) is 46.5 Å². The van der Waals surface area contributed by atoms with Crippen molar-refractivity contribution in [3.8, 4) is 0 Å². The van der Waals surface area contributed by atoms with Gasteiger partial charge in [0.25, 0.3) is 0 Å². The van der Waals surface area contributed by atoms with Crippen molar-refractivity contribution in [3.63, 3.8) is 0 Å². The Hall–Kier alpha value is -0.880. The molecule has 1 unspecified atom stereocenters. The number of ether oxygens (including phenoxy) is 4. The maximum absolute atomic E-state index is 12.2. The maximum atomic E-state index is 12.2. The summed E-state index contributed by atoms with van der Waals surface area (Å²) >= 11 is 0. The van der Waals surface area contributed by atoms with Gasteiger partial charge in [0.05, 0.1) is 6.61 Å². The van der Waals surface area contributed by atoms with Crippen molar-refractivity contribution in [1.82, 2.24) is 0 Å². The summed E-state index contributed by atoms with van der Waals surface area (Å²) < 4.78 is 156. The van der Waals surface area contributed by atoms with Crippen LogP contribution in [0, 0.1) is 0 Å². The third kappa shape index (κ3) is 9.29. The molecule has 17 heteroatoms. The average molecular weight is 548 g/mol. The van der Waals surface area contributed by atoms with E-state index in [1.807, 2.05) is 13.8 Å². The zero-order chi connectivity index (χ0) is 27.5. The lowest BCUT2D eigenvalue weighted by Crippen LogP contribution is -2.63. The lowest BCUT2D eigenvalue weighted by molar-refractivity contribution is -0.385. The number of hydrogen-bond donors (Lipinski definition) is 1. The Morgan fingerprint density at radius 2 is 1.29 bits per heavy atom. The van der Waals surface area contributed by atoms with Gasteiger partial charge in [-0.3, -0.25) is 4.55 Å². The van der Waals surface area contributed by atoms with Crippen LogP contribution in [-0.4, -0.2) is 75.8 Å². The minimum absolute atomic E-state index is 0.307. The molecule has 0 spiro atoms. The summed E-state index contributed by atoms with van der Waals surface area (Å²) in [5, 5.41) is -7.00. The number of unbranched alkanes of at least 4 members (excludes halogenated alkanes) is 3. The van der Waals surface area contributed by atoms with E-state index < -0.39 is 39.4 Å². The second-order valence-electron chi connectivity index (χ2n) is 6.50. The van der Waals surface area contributed by atoms with Gasteiger partial charge in [0.1, 0.15) is 6.61 Å². The van der Waals surface area contributed by atoms with E-state index in [-0.39, 0.29) is 0 Å². The van der Waals surface area contributed by atoms with E-state index in [2.05, 4.69) is 6.92 Å². The minimum Gasteiger partial charge on any atom is -0.373 e. The molecule has 0 rings (SSSR count). The quantitative estimate of drug-likeness (QED) is 0.129. The molecule has 0 radical (unpaired) electrons. The predicted octanol–water partition coefficient (Wildman–Crippen LogP) is 5.26. The molecular weight excluding hydrogens is 519 g/mol. The van der Waals surface area contributed by atoms with Gasteiger partial charge in [-0.1, -0.05) is 26.2 Å². The van der Waals surface area contributed by atoms with Gasteiger partial charge in [-0.2, -0.15) is 47.9 Å². The SMILES string of the molecule is CCCCCCOC(COCC)(OC)OCC.O=S(=O)(O)C(F)(F)C(F)(F)C(F)(F)C(F)(F)F. The summed E-state index contributed by atoms with van der Waals surface area (Å²) in [5.74, 6) is -15.7. The van der Waals surface area contributed by atoms with E-state index in [0.717, 1.165) is 6.42 Å². The third-order valence-corrected chi connectivity index (χ3v) is 4.82. The van der Waals surface area contributed by atoms with Crippen molar-refractivity contribution in [3.05, 3.63) is 0 Å². The van der Waals surface area contributed by atoms with E-state index >= 15 is 0 Å². The van der Waals surface area contributed by atoms with E-state index in [1.54, 1.807) is 7.11 Å². The van der Waals surface area contributed by atoms with Crippen LogP contribution in [0.2, 0.25) is 0 Å². The fourth-order valence-electron chi connectivity index (χ4n) is 2.03. The van der Waals surface area contributed by atoms with E-state index in [9.17, 15) is 47.9 Å². The highest BCUT2D eigenvalue weighted by molar-refractivity contribution is 7.87.